The first-order valence-corrected chi connectivity index (χ1v) is 42.9. The van der Waals surface area contributed by atoms with Crippen LogP contribution in [-0.4, -0.2) is 297 Å². The van der Waals surface area contributed by atoms with Crippen LogP contribution in [0.3, 0.4) is 0 Å². The van der Waals surface area contributed by atoms with E-state index in [0.29, 0.717) is 18.6 Å². The second kappa shape index (κ2) is 61.6. The van der Waals surface area contributed by atoms with E-state index in [9.17, 15) is 117 Å². The number of carbonyl (C=O) groups excluding carboxylic acids is 15. The van der Waals surface area contributed by atoms with Gasteiger partial charge in [-0.15, -0.1) is 0 Å². The number of aliphatic hydroxyl groups is 1. The summed E-state index contributed by atoms with van der Waals surface area (Å²) < 4.78 is 0. The van der Waals surface area contributed by atoms with Gasteiger partial charge in [-0.25, -0.2) is 4.79 Å². The number of thioether (sulfide) groups is 1. The highest BCUT2D eigenvalue weighted by Crippen LogP contribution is 2.16. The molecule has 0 bridgehead atoms. The van der Waals surface area contributed by atoms with Gasteiger partial charge in [0, 0.05) is 37.4 Å². The van der Waals surface area contributed by atoms with Crippen molar-refractivity contribution in [2.75, 3.05) is 56.3 Å². The minimum atomic E-state index is -2.11. The molecule has 0 unspecified atom stereocenters. The van der Waals surface area contributed by atoms with Crippen LogP contribution in [0.4, 0.5) is 0 Å². The van der Waals surface area contributed by atoms with Crippen LogP contribution in [-0.2, 0) is 91.1 Å². The number of hydrogen-bond donors (Lipinski definition) is 29. The number of carbonyl (C=O) groups is 19. The molecule has 48 nitrogen and oxygen atoms in total. The molecule has 0 fully saturated rings. The lowest BCUT2D eigenvalue weighted by molar-refractivity contribution is -0.144. The number of aliphatic imine (C=N–C) groups is 2. The molecule has 704 valence electrons. The summed E-state index contributed by atoms with van der Waals surface area (Å²) in [5.74, 6) is -25.9. The molecule has 0 radical (unpaired) electrons. The average Bonchev–Trinajstić information content (AvgIpc) is 0.849. The highest BCUT2D eigenvalue weighted by Gasteiger charge is 2.40. The second-order valence-corrected chi connectivity index (χ2v) is 31.6. The molecule has 0 saturated heterocycles. The van der Waals surface area contributed by atoms with Gasteiger partial charge >= 0.3 is 23.9 Å². The topological polar surface area (TPSA) is 827 Å². The quantitative estimate of drug-likeness (QED) is 0.0116. The molecule has 35 N–H and O–H groups in total. The molecule has 0 saturated carbocycles. The van der Waals surface area contributed by atoms with Crippen LogP contribution < -0.4 is 120 Å². The molecule has 0 aliphatic rings. The molecule has 124 heavy (non-hydrogen) atoms. The van der Waals surface area contributed by atoms with E-state index in [4.69, 9.17) is 45.9 Å². The Morgan fingerprint density at radius 2 is 0.694 bits per heavy atom. The predicted molar refractivity (Wildman–Crippen MR) is 460 cm³/mol. The van der Waals surface area contributed by atoms with E-state index < -0.39 is 272 Å². The Kier molecular flexibility index (Phi) is 56.3. The normalized spacial score (nSPS) is 15.0. The molecular formula is C73H130N24O24S3. The summed E-state index contributed by atoms with van der Waals surface area (Å²) in [5, 5.41) is 82.8. The summed E-state index contributed by atoms with van der Waals surface area (Å²) in [5.41, 5.74) is 44.7. The fraction of sp³-hybridized carbons (Fsp3) is 0.712. The van der Waals surface area contributed by atoms with E-state index in [-0.39, 0.29) is 115 Å². The first kappa shape index (κ1) is 113. The maximum Gasteiger partial charge on any atom is 0.326 e. The number of guanidine groups is 2. The van der Waals surface area contributed by atoms with Gasteiger partial charge in [0.05, 0.1) is 25.5 Å². The van der Waals surface area contributed by atoms with Gasteiger partial charge in [-0.1, -0.05) is 48.0 Å². The fourth-order valence-electron chi connectivity index (χ4n) is 11.6. The summed E-state index contributed by atoms with van der Waals surface area (Å²) in [7, 11) is 0. The minimum absolute atomic E-state index is 0.0424. The second-order valence-electron chi connectivity index (χ2n) is 29.8. The number of aliphatic hydroxyl groups excluding tert-OH is 1. The Morgan fingerprint density at radius 3 is 1.05 bits per heavy atom. The van der Waals surface area contributed by atoms with Crippen molar-refractivity contribution in [3.05, 3.63) is 0 Å². The average molecular weight is 1820 g/mol. The summed E-state index contributed by atoms with van der Waals surface area (Å²) in [6.07, 6.45) is -2.83. The molecule has 0 aromatic carbocycles. The zero-order valence-corrected chi connectivity index (χ0v) is 73.4. The van der Waals surface area contributed by atoms with E-state index in [1.807, 2.05) is 0 Å². The van der Waals surface area contributed by atoms with Crippen LogP contribution in [0.2, 0.25) is 0 Å². The van der Waals surface area contributed by atoms with Crippen molar-refractivity contribution in [3.63, 3.8) is 0 Å². The van der Waals surface area contributed by atoms with Gasteiger partial charge < -0.3 is 146 Å². The Labute approximate surface area is 733 Å². The first-order chi connectivity index (χ1) is 58.3. The Bertz CT molecular complexity index is 3620. The molecule has 15 amide bonds. The Hall–Kier alpha value is -10.6. The molecule has 0 heterocycles. The van der Waals surface area contributed by atoms with Crippen LogP contribution in [0.25, 0.3) is 0 Å². The van der Waals surface area contributed by atoms with E-state index in [1.165, 1.54) is 25.6 Å². The SMILES string of the molecule is CC[C@H](C)[C@H](NC(=O)[C@H](CCC(=O)O)NC(=O)[C@H](CCCN=C(N)N)NC(=O)[C@H](CS)NC(=O)[C@H](CCCCN)NC(=O)[C@H](CC(=O)O)NC(=O)[C@H](CS)NC(=O)[C@H](CCC(N)=O)NC(=O)[C@H](CC(=O)O)NC(=O)[C@H](CCCCN)NC(=O)[C@H](CCSC)NC(=O)[C@@H](N)CCCN=C(N)N)C(=O)N[C@@H](CC(C)C)C(=O)N[C@@H](CO)C(=O)N[C@H](C(=O)O)C(C)C. The van der Waals surface area contributed by atoms with E-state index in [1.54, 1.807) is 34.0 Å². The molecule has 0 spiro atoms. The molecular weight excluding hydrogens is 1690 g/mol. The van der Waals surface area contributed by atoms with E-state index in [0.717, 1.165) is 0 Å². The first-order valence-electron chi connectivity index (χ1n) is 40.3. The van der Waals surface area contributed by atoms with Crippen molar-refractivity contribution in [2.45, 2.75) is 254 Å². The van der Waals surface area contributed by atoms with Crippen LogP contribution in [0, 0.1) is 17.8 Å². The number of nitrogens with two attached hydrogens (primary N) is 8. The minimum Gasteiger partial charge on any atom is -0.481 e. The van der Waals surface area contributed by atoms with Gasteiger partial charge in [0.2, 0.25) is 88.6 Å². The van der Waals surface area contributed by atoms with Gasteiger partial charge in [-0.05, 0) is 133 Å². The lowest BCUT2D eigenvalue weighted by Gasteiger charge is -2.30. The zero-order valence-electron chi connectivity index (χ0n) is 70.8. The number of nitrogens with one attached hydrogen (secondary N) is 14. The van der Waals surface area contributed by atoms with Gasteiger partial charge in [0.15, 0.2) is 11.9 Å². The van der Waals surface area contributed by atoms with Gasteiger partial charge in [-0.3, -0.25) is 96.3 Å². The lowest BCUT2D eigenvalue weighted by Crippen LogP contribution is -2.62. The van der Waals surface area contributed by atoms with Crippen molar-refractivity contribution in [1.29, 1.82) is 0 Å². The molecule has 0 aromatic heterocycles. The standard InChI is InChI=1S/C73H130N24O24S3/c1-8-37(6)56(70(119)92-45(29-35(2)3)64(113)93-48(32-98)67(116)96-55(36(4)5)71(120)121)97-63(112)43(20-22-52(100)101)88-58(107)41(18-14-27-83-73(80)81)87-68(117)49(33-122)94-60(109)40(17-10-12-25-75)86-65(114)47(31-54(104)105)91-69(118)50(34-123)95-61(110)42(19-21-51(77)99)89-66(115)46(30-53(102)103)90-59(108)39(16-9-11-24-74)85-62(111)44(23-28-124-7)84-57(106)38(76)15-13-26-82-72(78)79/h35-50,55-56,98,122-123H,8-34,74-76H2,1-7H3,(H2,77,99)(H,84,106)(H,85,111)(H,86,114)(H,87,117)(H,88,107)(H,89,115)(H,90,108)(H,91,118)(H,92,119)(H,93,113)(H,94,109)(H,95,110)(H,96,116)(H,97,112)(H,100,101)(H,102,103)(H,104,105)(H,120,121)(H4,78,79,82)(H4,80,81,83)/t37-,38-,39-,40-,41-,42-,43-,44-,45-,46-,47-,48-,49-,50-,55-,56-/m0/s1. The number of primary amides is 1. The van der Waals surface area contributed by atoms with Gasteiger partial charge in [0.25, 0.3) is 0 Å². The number of amides is 15. The third kappa shape index (κ3) is 46.2. The van der Waals surface area contributed by atoms with Gasteiger partial charge in [0.1, 0.15) is 84.6 Å². The number of thiol groups is 2. The maximum atomic E-state index is 14.5. The molecule has 51 heteroatoms. The summed E-state index contributed by atoms with van der Waals surface area (Å²) in [6.45, 7) is 8.78. The van der Waals surface area contributed by atoms with Crippen molar-refractivity contribution in [3.8, 4) is 0 Å². The van der Waals surface area contributed by atoms with Crippen molar-refractivity contribution in [2.24, 2.45) is 73.6 Å². The Morgan fingerprint density at radius 1 is 0.371 bits per heavy atom. The van der Waals surface area contributed by atoms with Gasteiger partial charge in [-0.2, -0.15) is 37.0 Å². The largest absolute Gasteiger partial charge is 0.481 e. The Balaban J connectivity index is 7.24. The van der Waals surface area contributed by atoms with Crippen molar-refractivity contribution in [1.82, 2.24) is 74.4 Å². The highest BCUT2D eigenvalue weighted by molar-refractivity contribution is 7.98. The van der Waals surface area contributed by atoms with E-state index in [2.05, 4.69) is 110 Å². The maximum absolute atomic E-state index is 14.5. The monoisotopic (exact) mass is 1820 g/mol. The number of rotatable bonds is 66. The summed E-state index contributed by atoms with van der Waals surface area (Å²) in [4.78, 5) is 265. The fourth-order valence-corrected chi connectivity index (χ4v) is 12.6. The third-order valence-electron chi connectivity index (χ3n) is 18.7. The lowest BCUT2D eigenvalue weighted by atomic mass is 9.96. The molecule has 0 aliphatic carbocycles. The predicted octanol–water partition coefficient (Wildman–Crippen LogP) is -9.02. The van der Waals surface area contributed by atoms with Crippen LogP contribution in [0.1, 0.15) is 164 Å². The molecule has 0 aliphatic heterocycles. The molecule has 0 rings (SSSR count). The third-order valence-corrected chi connectivity index (χ3v) is 20.1. The number of aliphatic carboxylic acids is 4. The highest BCUT2D eigenvalue weighted by atomic mass is 32.2. The summed E-state index contributed by atoms with van der Waals surface area (Å²) >= 11 is 9.72. The number of hydrogen-bond acceptors (Lipinski definition) is 28. The zero-order chi connectivity index (χ0) is 94.6. The smallest absolute Gasteiger partial charge is 0.326 e. The summed E-state index contributed by atoms with van der Waals surface area (Å²) in [6, 6.07) is -24.8. The van der Waals surface area contributed by atoms with Crippen LogP contribution in [0.5, 0.6) is 0 Å². The van der Waals surface area contributed by atoms with Crippen LogP contribution in [0.15, 0.2) is 9.98 Å². The van der Waals surface area contributed by atoms with Crippen molar-refractivity contribution >= 4 is 161 Å². The number of unbranched alkanes of at least 4 members (excludes halogenated alkanes) is 2. The number of nitrogens with zero attached hydrogens (tertiary/aromatic N) is 2. The molecule has 0 aromatic rings. The van der Waals surface area contributed by atoms with Crippen LogP contribution >= 0.6 is 37.0 Å². The molecule has 16 atom stereocenters. The van der Waals surface area contributed by atoms with E-state index >= 15 is 0 Å². The van der Waals surface area contributed by atoms with Crippen molar-refractivity contribution < 1.29 is 117 Å². The number of carboxylic acids is 4. The number of carboxylic acid groups (broad SMARTS) is 4.